The first-order valence-corrected chi connectivity index (χ1v) is 12.0. The summed E-state index contributed by atoms with van der Waals surface area (Å²) in [7, 11) is 1.88. The second kappa shape index (κ2) is 8.98. The Morgan fingerprint density at radius 3 is 2.71 bits per heavy atom. The van der Waals surface area contributed by atoms with Gasteiger partial charge in [0, 0.05) is 30.4 Å². The van der Waals surface area contributed by atoms with E-state index in [0.717, 1.165) is 35.4 Å². The molecule has 1 amide bonds. The molecular weight excluding hydrogens is 424 g/mol. The van der Waals surface area contributed by atoms with Gasteiger partial charge in [-0.15, -0.1) is 0 Å². The molecule has 174 valence electrons. The third kappa shape index (κ3) is 3.96. The highest BCUT2D eigenvalue weighted by Crippen LogP contribution is 2.47. The molecule has 3 aliphatic rings. The van der Waals surface area contributed by atoms with E-state index in [9.17, 15) is 9.59 Å². The standard InChI is InChI=1S/C29H30N2O3/c1-4-18(2)29(33)34-17-19-9-11-21(12-10-19)30-25-13-14-26-28-23(16-27(32)31(26)3)22-8-6-5-7-20(22)15-24(25)28/h5-14,16,18,26,28,30H,4,15,17H2,1-3H3. The summed E-state index contributed by atoms with van der Waals surface area (Å²) in [4.78, 5) is 26.5. The minimum Gasteiger partial charge on any atom is -0.461 e. The van der Waals surface area contributed by atoms with Gasteiger partial charge in [-0.25, -0.2) is 0 Å². The Bertz CT molecular complexity index is 1220. The van der Waals surface area contributed by atoms with Crippen LogP contribution in [0.5, 0.6) is 0 Å². The second-order valence-electron chi connectivity index (χ2n) is 9.39. The number of ether oxygens (including phenoxy) is 1. The molecule has 0 saturated heterocycles. The SMILES string of the molecule is CCC(C)C(=O)OCc1ccc(NC2=C3Cc4ccccc4C4=CC(=O)N(C)C(C=C2)C43)cc1. The van der Waals surface area contributed by atoms with Crippen molar-refractivity contribution in [2.24, 2.45) is 11.8 Å². The molecule has 2 aromatic carbocycles. The van der Waals surface area contributed by atoms with Crippen molar-refractivity contribution in [3.05, 3.63) is 94.7 Å². The molecule has 0 radical (unpaired) electrons. The normalized spacial score (nSPS) is 21.4. The number of nitrogens with one attached hydrogen (secondary N) is 1. The number of hydrogen-bond donors (Lipinski definition) is 1. The number of carbonyl (C=O) groups is 2. The van der Waals surface area contributed by atoms with Gasteiger partial charge in [0.15, 0.2) is 0 Å². The molecule has 34 heavy (non-hydrogen) atoms. The maximum Gasteiger partial charge on any atom is 0.308 e. The number of nitrogens with zero attached hydrogens (tertiary/aromatic N) is 1. The van der Waals surface area contributed by atoms with Gasteiger partial charge in [0.2, 0.25) is 5.91 Å². The van der Waals surface area contributed by atoms with E-state index in [0.29, 0.717) is 0 Å². The first-order chi connectivity index (χ1) is 16.5. The van der Waals surface area contributed by atoms with Crippen molar-refractivity contribution in [2.75, 3.05) is 12.4 Å². The van der Waals surface area contributed by atoms with Gasteiger partial charge in [0.1, 0.15) is 6.61 Å². The maximum absolute atomic E-state index is 12.7. The number of rotatable bonds is 6. The largest absolute Gasteiger partial charge is 0.461 e. The second-order valence-corrected chi connectivity index (χ2v) is 9.39. The Morgan fingerprint density at radius 1 is 1.18 bits per heavy atom. The fourth-order valence-corrected chi connectivity index (χ4v) is 5.02. The molecule has 0 saturated carbocycles. The molecule has 2 aliphatic carbocycles. The number of anilines is 1. The number of amides is 1. The predicted octanol–water partition coefficient (Wildman–Crippen LogP) is 5.11. The van der Waals surface area contributed by atoms with Crippen molar-refractivity contribution >= 4 is 23.1 Å². The van der Waals surface area contributed by atoms with Gasteiger partial charge in [-0.3, -0.25) is 9.59 Å². The lowest BCUT2D eigenvalue weighted by Gasteiger charge is -2.44. The Morgan fingerprint density at radius 2 is 1.94 bits per heavy atom. The first-order valence-electron chi connectivity index (χ1n) is 12.0. The summed E-state index contributed by atoms with van der Waals surface area (Å²) >= 11 is 0. The third-order valence-corrected chi connectivity index (χ3v) is 7.27. The molecule has 5 nitrogen and oxygen atoms in total. The van der Waals surface area contributed by atoms with Crippen LogP contribution in [-0.2, 0) is 27.4 Å². The van der Waals surface area contributed by atoms with Crippen LogP contribution in [0.2, 0.25) is 0 Å². The van der Waals surface area contributed by atoms with Gasteiger partial charge >= 0.3 is 5.97 Å². The van der Waals surface area contributed by atoms with Gasteiger partial charge in [0.05, 0.1) is 12.0 Å². The van der Waals surface area contributed by atoms with Crippen molar-refractivity contribution in [3.63, 3.8) is 0 Å². The molecule has 1 N–H and O–H groups in total. The molecule has 0 aromatic heterocycles. The van der Waals surface area contributed by atoms with Crippen molar-refractivity contribution < 1.29 is 14.3 Å². The number of fused-ring (bicyclic) bond motifs is 2. The van der Waals surface area contributed by atoms with Crippen LogP contribution < -0.4 is 5.32 Å². The Hall–Kier alpha value is -3.60. The highest BCUT2D eigenvalue weighted by Gasteiger charge is 2.42. The summed E-state index contributed by atoms with van der Waals surface area (Å²) in [6.07, 6.45) is 7.69. The Balaban J connectivity index is 1.40. The average Bonchev–Trinajstić information content (AvgIpc) is 2.86. The van der Waals surface area contributed by atoms with E-state index in [1.807, 2.05) is 62.2 Å². The van der Waals surface area contributed by atoms with Crippen molar-refractivity contribution in [3.8, 4) is 0 Å². The lowest BCUT2D eigenvalue weighted by atomic mass is 9.68. The zero-order valence-corrected chi connectivity index (χ0v) is 19.9. The summed E-state index contributed by atoms with van der Waals surface area (Å²) in [5, 5.41) is 3.60. The molecule has 5 rings (SSSR count). The van der Waals surface area contributed by atoms with Crippen LogP contribution in [-0.4, -0.2) is 29.9 Å². The summed E-state index contributed by atoms with van der Waals surface area (Å²) in [5.74, 6) is -0.0248. The van der Waals surface area contributed by atoms with Gasteiger partial charge in [-0.1, -0.05) is 56.3 Å². The van der Waals surface area contributed by atoms with E-state index >= 15 is 0 Å². The van der Waals surface area contributed by atoms with E-state index in [-0.39, 0.29) is 36.4 Å². The number of allylic oxidation sites excluding steroid dienone is 1. The molecule has 3 atom stereocenters. The number of hydrogen-bond acceptors (Lipinski definition) is 4. The van der Waals surface area contributed by atoms with E-state index in [1.54, 1.807) is 0 Å². The monoisotopic (exact) mass is 454 g/mol. The lowest BCUT2D eigenvalue weighted by Crippen LogP contribution is -2.47. The number of esters is 1. The Labute approximate surface area is 200 Å². The van der Waals surface area contributed by atoms with E-state index < -0.39 is 0 Å². The summed E-state index contributed by atoms with van der Waals surface area (Å²) in [6, 6.07) is 16.4. The van der Waals surface area contributed by atoms with Gasteiger partial charge < -0.3 is 15.0 Å². The van der Waals surface area contributed by atoms with Crippen LogP contribution in [0, 0.1) is 11.8 Å². The molecule has 0 spiro atoms. The molecule has 0 fully saturated rings. The van der Waals surface area contributed by atoms with E-state index in [2.05, 4.69) is 35.7 Å². The Kier molecular flexibility index (Phi) is 5.86. The molecule has 1 heterocycles. The molecular formula is C29H30N2O3. The molecule has 3 unspecified atom stereocenters. The topological polar surface area (TPSA) is 58.6 Å². The average molecular weight is 455 g/mol. The third-order valence-electron chi connectivity index (χ3n) is 7.27. The summed E-state index contributed by atoms with van der Waals surface area (Å²) in [6.45, 7) is 4.15. The van der Waals surface area contributed by atoms with Crippen LogP contribution in [0.15, 0.2) is 78.0 Å². The quantitative estimate of drug-likeness (QED) is 0.617. The van der Waals surface area contributed by atoms with Gasteiger partial charge in [0.25, 0.3) is 0 Å². The zero-order chi connectivity index (χ0) is 23.8. The van der Waals surface area contributed by atoms with Crippen molar-refractivity contribution in [1.29, 1.82) is 0 Å². The van der Waals surface area contributed by atoms with Gasteiger partial charge in [-0.2, -0.15) is 0 Å². The fourth-order valence-electron chi connectivity index (χ4n) is 5.02. The van der Waals surface area contributed by atoms with Crippen LogP contribution >= 0.6 is 0 Å². The summed E-state index contributed by atoms with van der Waals surface area (Å²) < 4.78 is 5.42. The number of carbonyl (C=O) groups excluding carboxylic acids is 2. The molecule has 2 aromatic rings. The lowest BCUT2D eigenvalue weighted by molar-refractivity contribution is -0.149. The molecule has 1 aliphatic heterocycles. The molecule has 0 bridgehead atoms. The van der Waals surface area contributed by atoms with Crippen molar-refractivity contribution in [1.82, 2.24) is 4.90 Å². The summed E-state index contributed by atoms with van der Waals surface area (Å²) in [5.41, 5.74) is 7.89. The van der Waals surface area contributed by atoms with Crippen molar-refractivity contribution in [2.45, 2.75) is 39.3 Å². The van der Waals surface area contributed by atoms with Crippen LogP contribution in [0.1, 0.15) is 37.0 Å². The van der Waals surface area contributed by atoms with Crippen LogP contribution in [0.25, 0.3) is 5.57 Å². The minimum absolute atomic E-state index is 0.0315. The maximum atomic E-state index is 12.7. The minimum atomic E-state index is -0.157. The molecule has 5 heteroatoms. The smallest absolute Gasteiger partial charge is 0.308 e. The van der Waals surface area contributed by atoms with Crippen LogP contribution in [0.4, 0.5) is 5.69 Å². The zero-order valence-electron chi connectivity index (χ0n) is 19.9. The highest BCUT2D eigenvalue weighted by molar-refractivity contribution is 6.00. The van der Waals surface area contributed by atoms with E-state index in [4.69, 9.17) is 4.74 Å². The van der Waals surface area contributed by atoms with Gasteiger partial charge in [-0.05, 0) is 58.9 Å². The predicted molar refractivity (Wildman–Crippen MR) is 134 cm³/mol. The van der Waals surface area contributed by atoms with Crippen LogP contribution in [0.3, 0.4) is 0 Å². The fraction of sp³-hybridized carbons (Fsp3) is 0.310. The highest BCUT2D eigenvalue weighted by atomic mass is 16.5. The first kappa shape index (κ1) is 22.2. The number of likely N-dealkylation sites (N-methyl/N-ethyl adjacent to an activating group) is 1. The van der Waals surface area contributed by atoms with E-state index in [1.165, 1.54) is 16.7 Å². The number of benzene rings is 2.